The van der Waals surface area contributed by atoms with Gasteiger partial charge in [0.1, 0.15) is 0 Å². The fraction of sp³-hybridized carbons (Fsp3) is 0.316. The molecule has 1 aromatic carbocycles. The molecule has 4 rings (SSSR count). The zero-order valence-corrected chi connectivity index (χ0v) is 14.5. The minimum Gasteiger partial charge on any atom is -0.324 e. The number of nitrogens with one attached hydrogen (secondary N) is 2. The predicted molar refractivity (Wildman–Crippen MR) is 98.2 cm³/mol. The Morgan fingerprint density at radius 2 is 2.00 bits per heavy atom. The van der Waals surface area contributed by atoms with Crippen molar-refractivity contribution >= 4 is 23.2 Å². The first-order chi connectivity index (χ1) is 12.6. The van der Waals surface area contributed by atoms with E-state index in [0.717, 1.165) is 5.69 Å². The van der Waals surface area contributed by atoms with Crippen LogP contribution in [0.2, 0.25) is 0 Å². The van der Waals surface area contributed by atoms with Gasteiger partial charge in [-0.2, -0.15) is 0 Å². The molecule has 7 nitrogen and oxygen atoms in total. The molecule has 26 heavy (non-hydrogen) atoms. The van der Waals surface area contributed by atoms with E-state index in [1.807, 2.05) is 42.3 Å². The van der Waals surface area contributed by atoms with Crippen molar-refractivity contribution in [1.82, 2.24) is 15.3 Å². The number of hydrogen-bond donors (Lipinski definition) is 2. The van der Waals surface area contributed by atoms with Gasteiger partial charge < -0.3 is 10.2 Å². The van der Waals surface area contributed by atoms with Gasteiger partial charge in [0.2, 0.25) is 11.8 Å². The fourth-order valence-corrected chi connectivity index (χ4v) is 3.74. The van der Waals surface area contributed by atoms with Gasteiger partial charge in [0.05, 0.1) is 35.4 Å². The first-order valence-electron chi connectivity index (χ1n) is 8.68. The molecule has 134 valence electrons. The van der Waals surface area contributed by atoms with Crippen LogP contribution < -0.4 is 15.8 Å². The highest BCUT2D eigenvalue weighted by Gasteiger charge is 2.50. The van der Waals surface area contributed by atoms with Crippen molar-refractivity contribution in [2.45, 2.75) is 6.04 Å². The first kappa shape index (κ1) is 16.7. The average Bonchev–Trinajstić information content (AvgIpc) is 2.99. The van der Waals surface area contributed by atoms with Crippen molar-refractivity contribution in [3.05, 3.63) is 54.9 Å². The maximum atomic E-state index is 12.9. The van der Waals surface area contributed by atoms with Crippen molar-refractivity contribution in [2.24, 2.45) is 11.8 Å². The Labute approximate surface area is 152 Å². The molecule has 2 aromatic rings. The van der Waals surface area contributed by atoms with Crippen molar-refractivity contribution < 1.29 is 9.59 Å². The van der Waals surface area contributed by atoms with Crippen molar-refractivity contribution in [3.8, 4) is 0 Å². The maximum absolute atomic E-state index is 12.9. The minimum absolute atomic E-state index is 0.00641. The van der Waals surface area contributed by atoms with E-state index in [0.29, 0.717) is 18.8 Å². The first-order valence-corrected chi connectivity index (χ1v) is 8.68. The van der Waals surface area contributed by atoms with Gasteiger partial charge in [-0.3, -0.25) is 14.6 Å². The zero-order valence-electron chi connectivity index (χ0n) is 14.5. The van der Waals surface area contributed by atoms with E-state index in [-0.39, 0.29) is 29.7 Å². The second-order valence-electron chi connectivity index (χ2n) is 6.83. The van der Waals surface area contributed by atoms with Crippen LogP contribution in [0.1, 0.15) is 0 Å². The summed E-state index contributed by atoms with van der Waals surface area (Å²) in [5.74, 6) is -0.683. The molecular formula is C19H21N5O2. The van der Waals surface area contributed by atoms with Crippen LogP contribution in [0.3, 0.4) is 0 Å². The monoisotopic (exact) mass is 351 g/mol. The molecule has 2 aliphatic heterocycles. The van der Waals surface area contributed by atoms with Gasteiger partial charge in [-0.15, -0.1) is 0 Å². The summed E-state index contributed by atoms with van der Waals surface area (Å²) in [5, 5.41) is 4.50. The molecule has 3 atom stereocenters. The van der Waals surface area contributed by atoms with Gasteiger partial charge in [0.15, 0.2) is 0 Å². The van der Waals surface area contributed by atoms with E-state index in [1.54, 1.807) is 29.5 Å². The molecule has 2 amide bonds. The Kier molecular flexibility index (Phi) is 4.40. The quantitative estimate of drug-likeness (QED) is 0.866. The van der Waals surface area contributed by atoms with Crippen LogP contribution in [-0.2, 0) is 9.59 Å². The molecule has 0 saturated carbocycles. The molecule has 0 spiro atoms. The molecule has 1 aromatic heterocycles. The number of hydrazine groups is 1. The van der Waals surface area contributed by atoms with E-state index >= 15 is 0 Å². The third kappa shape index (κ3) is 3.07. The molecule has 3 unspecified atom stereocenters. The number of hydrogen-bond acceptors (Lipinski definition) is 5. The number of amides is 2. The molecule has 0 radical (unpaired) electrons. The maximum Gasteiger partial charge on any atom is 0.247 e. The standard InChI is InChI=1S/C19H21N5O2/c1-23-11-15(18(25)21-13-6-5-9-20-10-13)17-16(12-23)19(26)24(22-17)14-7-3-2-4-8-14/h2-10,15-17,22H,11-12H2,1H3,(H,21,25). The molecule has 2 fully saturated rings. The molecule has 0 bridgehead atoms. The van der Waals surface area contributed by atoms with Crippen LogP contribution in [0, 0.1) is 11.8 Å². The zero-order chi connectivity index (χ0) is 18.1. The number of carbonyl (C=O) groups is 2. The second kappa shape index (κ2) is 6.86. The van der Waals surface area contributed by atoms with E-state index in [2.05, 4.69) is 15.7 Å². The highest BCUT2D eigenvalue weighted by Crippen LogP contribution is 2.31. The van der Waals surface area contributed by atoms with Gasteiger partial charge in [-0.1, -0.05) is 18.2 Å². The van der Waals surface area contributed by atoms with Gasteiger partial charge in [0.25, 0.3) is 0 Å². The summed E-state index contributed by atoms with van der Waals surface area (Å²) in [6.45, 7) is 1.23. The number of likely N-dealkylation sites (tertiary alicyclic amines) is 1. The molecule has 3 heterocycles. The third-order valence-corrected chi connectivity index (χ3v) is 4.98. The predicted octanol–water partition coefficient (Wildman–Crippen LogP) is 1.12. The van der Waals surface area contributed by atoms with Crippen LogP contribution in [0.15, 0.2) is 54.9 Å². The SMILES string of the molecule is CN1CC(C(=O)Nc2cccnc2)C2NN(c3ccccc3)C(=O)C2C1. The lowest BCUT2D eigenvalue weighted by Crippen LogP contribution is -2.55. The Balaban J connectivity index is 1.56. The Bertz CT molecular complexity index is 798. The third-order valence-electron chi connectivity index (χ3n) is 4.98. The highest BCUT2D eigenvalue weighted by molar-refractivity contribution is 5.99. The number of para-hydroxylation sites is 1. The topological polar surface area (TPSA) is 77.6 Å². The Hall–Kier alpha value is -2.77. The van der Waals surface area contributed by atoms with Crippen LogP contribution >= 0.6 is 0 Å². The summed E-state index contributed by atoms with van der Waals surface area (Å²) in [5.41, 5.74) is 4.73. The van der Waals surface area contributed by atoms with Crippen LogP contribution in [0.25, 0.3) is 0 Å². The Morgan fingerprint density at radius 1 is 1.19 bits per heavy atom. The van der Waals surface area contributed by atoms with E-state index in [4.69, 9.17) is 0 Å². The molecule has 2 saturated heterocycles. The van der Waals surface area contributed by atoms with Crippen molar-refractivity contribution in [3.63, 3.8) is 0 Å². The highest BCUT2D eigenvalue weighted by atomic mass is 16.2. The summed E-state index contributed by atoms with van der Waals surface area (Å²) in [6.07, 6.45) is 3.28. The van der Waals surface area contributed by atoms with E-state index < -0.39 is 0 Å². The summed E-state index contributed by atoms with van der Waals surface area (Å²) in [4.78, 5) is 31.8. The number of anilines is 2. The number of pyridine rings is 1. The molecule has 2 N–H and O–H groups in total. The number of nitrogens with zero attached hydrogens (tertiary/aromatic N) is 3. The minimum atomic E-state index is -0.336. The lowest BCUT2D eigenvalue weighted by molar-refractivity contribution is -0.125. The van der Waals surface area contributed by atoms with Crippen LogP contribution in [-0.4, -0.2) is 47.9 Å². The number of rotatable bonds is 3. The van der Waals surface area contributed by atoms with Gasteiger partial charge in [-0.25, -0.2) is 10.4 Å². The molecule has 0 aliphatic carbocycles. The summed E-state index contributed by atoms with van der Waals surface area (Å²) in [6, 6.07) is 12.8. The lowest BCUT2D eigenvalue weighted by Gasteiger charge is -2.36. The van der Waals surface area contributed by atoms with Gasteiger partial charge >= 0.3 is 0 Å². The van der Waals surface area contributed by atoms with Crippen molar-refractivity contribution in [2.75, 3.05) is 30.5 Å². The molecule has 7 heteroatoms. The number of benzene rings is 1. The van der Waals surface area contributed by atoms with Crippen LogP contribution in [0.5, 0.6) is 0 Å². The molecular weight excluding hydrogens is 330 g/mol. The number of carbonyl (C=O) groups excluding carboxylic acids is 2. The summed E-state index contributed by atoms with van der Waals surface area (Å²) >= 11 is 0. The van der Waals surface area contributed by atoms with Gasteiger partial charge in [-0.05, 0) is 31.3 Å². The molecule has 2 aliphatic rings. The normalized spacial score (nSPS) is 25.8. The fourth-order valence-electron chi connectivity index (χ4n) is 3.74. The summed E-state index contributed by atoms with van der Waals surface area (Å²) in [7, 11) is 1.94. The number of fused-ring (bicyclic) bond motifs is 1. The average molecular weight is 351 g/mol. The lowest BCUT2D eigenvalue weighted by atomic mass is 9.84. The Morgan fingerprint density at radius 3 is 2.73 bits per heavy atom. The number of aromatic nitrogens is 1. The van der Waals surface area contributed by atoms with Gasteiger partial charge in [0, 0.05) is 19.3 Å². The van der Waals surface area contributed by atoms with E-state index in [1.165, 1.54) is 0 Å². The van der Waals surface area contributed by atoms with Crippen LogP contribution in [0.4, 0.5) is 11.4 Å². The smallest absolute Gasteiger partial charge is 0.247 e. The van der Waals surface area contributed by atoms with E-state index in [9.17, 15) is 9.59 Å². The number of piperidine rings is 1. The largest absolute Gasteiger partial charge is 0.324 e. The van der Waals surface area contributed by atoms with Crippen molar-refractivity contribution in [1.29, 1.82) is 0 Å². The second-order valence-corrected chi connectivity index (χ2v) is 6.83. The summed E-state index contributed by atoms with van der Waals surface area (Å²) < 4.78 is 0.